The number of hydrogen-bond acceptors (Lipinski definition) is 4. The molecular weight excluding hydrogens is 303 g/mol. The van der Waals surface area contributed by atoms with E-state index < -0.39 is 6.29 Å². The van der Waals surface area contributed by atoms with E-state index in [4.69, 9.17) is 20.6 Å². The normalized spacial score (nSPS) is 16.7. The minimum atomic E-state index is -0.514. The third-order valence-corrected chi connectivity index (χ3v) is 4.04. The molecule has 3 rings (SSSR count). The summed E-state index contributed by atoms with van der Waals surface area (Å²) < 4.78 is 25.3. The van der Waals surface area contributed by atoms with Crippen LogP contribution < -0.4 is 10.5 Å². The fourth-order valence-corrected chi connectivity index (χ4v) is 2.84. The second-order valence-electron chi connectivity index (χ2n) is 4.88. The van der Waals surface area contributed by atoms with Crippen LogP contribution in [0.3, 0.4) is 0 Å². The first kappa shape index (κ1) is 14.9. The van der Waals surface area contributed by atoms with Crippen LogP contribution in [-0.2, 0) is 17.1 Å². The van der Waals surface area contributed by atoms with E-state index in [-0.39, 0.29) is 17.6 Å². The molecule has 0 aliphatic carbocycles. The second-order valence-corrected chi connectivity index (χ2v) is 5.89. The van der Waals surface area contributed by atoms with Crippen molar-refractivity contribution in [2.24, 2.45) is 5.73 Å². The van der Waals surface area contributed by atoms with E-state index >= 15 is 0 Å². The Morgan fingerprint density at radius 1 is 1.32 bits per heavy atom. The SMILES string of the molecule is N=C(N)SCc1cc(F)cc2c1O[C@H](c1ccccc1)OC2. The second kappa shape index (κ2) is 6.37. The first-order valence-corrected chi connectivity index (χ1v) is 7.73. The summed E-state index contributed by atoms with van der Waals surface area (Å²) in [6, 6.07) is 12.4. The van der Waals surface area contributed by atoms with E-state index in [0.717, 1.165) is 17.3 Å². The Bertz CT molecular complexity index is 694. The van der Waals surface area contributed by atoms with Crippen molar-refractivity contribution in [2.45, 2.75) is 18.6 Å². The Balaban J connectivity index is 1.89. The van der Waals surface area contributed by atoms with Crippen molar-refractivity contribution < 1.29 is 13.9 Å². The van der Waals surface area contributed by atoms with Crippen molar-refractivity contribution in [3.05, 3.63) is 65.0 Å². The molecule has 114 valence electrons. The molecule has 0 spiro atoms. The van der Waals surface area contributed by atoms with Gasteiger partial charge in [-0.3, -0.25) is 5.41 Å². The lowest BCUT2D eigenvalue weighted by atomic mass is 10.1. The fourth-order valence-electron chi connectivity index (χ4n) is 2.31. The number of hydrogen-bond donors (Lipinski definition) is 2. The summed E-state index contributed by atoms with van der Waals surface area (Å²) in [7, 11) is 0. The largest absolute Gasteiger partial charge is 0.460 e. The van der Waals surface area contributed by atoms with Crippen molar-refractivity contribution in [2.75, 3.05) is 0 Å². The molecular formula is C16H15FN2O2S. The molecule has 0 saturated heterocycles. The molecule has 1 heterocycles. The molecule has 0 amide bonds. The van der Waals surface area contributed by atoms with Crippen LogP contribution in [0.25, 0.3) is 0 Å². The summed E-state index contributed by atoms with van der Waals surface area (Å²) in [6.07, 6.45) is -0.514. The molecule has 3 N–H and O–H groups in total. The number of nitrogens with one attached hydrogen (secondary N) is 1. The Hall–Kier alpha value is -2.05. The Labute approximate surface area is 131 Å². The van der Waals surface area contributed by atoms with Gasteiger partial charge in [0.1, 0.15) is 11.6 Å². The third kappa shape index (κ3) is 3.23. The van der Waals surface area contributed by atoms with Crippen LogP contribution in [0.15, 0.2) is 42.5 Å². The van der Waals surface area contributed by atoms with Gasteiger partial charge in [-0.1, -0.05) is 42.1 Å². The van der Waals surface area contributed by atoms with Crippen molar-refractivity contribution >= 4 is 16.9 Å². The van der Waals surface area contributed by atoms with Gasteiger partial charge in [-0.25, -0.2) is 4.39 Å². The number of fused-ring (bicyclic) bond motifs is 1. The molecule has 0 saturated carbocycles. The zero-order chi connectivity index (χ0) is 15.5. The highest BCUT2D eigenvalue weighted by atomic mass is 32.2. The molecule has 22 heavy (non-hydrogen) atoms. The van der Waals surface area contributed by atoms with Crippen LogP contribution >= 0.6 is 11.8 Å². The molecule has 6 heteroatoms. The molecule has 1 aliphatic heterocycles. The minimum Gasteiger partial charge on any atom is -0.460 e. The van der Waals surface area contributed by atoms with E-state index in [0.29, 0.717) is 22.6 Å². The average Bonchev–Trinajstić information content (AvgIpc) is 2.53. The lowest BCUT2D eigenvalue weighted by molar-refractivity contribution is -0.112. The van der Waals surface area contributed by atoms with Gasteiger partial charge in [-0.15, -0.1) is 0 Å². The summed E-state index contributed by atoms with van der Waals surface area (Å²) in [5, 5.41) is 7.28. The molecule has 0 fully saturated rings. The summed E-state index contributed by atoms with van der Waals surface area (Å²) in [5.41, 5.74) is 7.62. The van der Waals surface area contributed by atoms with E-state index in [1.165, 1.54) is 12.1 Å². The number of ether oxygens (including phenoxy) is 2. The predicted molar refractivity (Wildman–Crippen MR) is 84.2 cm³/mol. The molecule has 0 unspecified atom stereocenters. The maximum atomic E-state index is 13.7. The van der Waals surface area contributed by atoms with E-state index in [2.05, 4.69) is 0 Å². The highest BCUT2D eigenvalue weighted by molar-refractivity contribution is 8.13. The van der Waals surface area contributed by atoms with Gasteiger partial charge in [-0.2, -0.15) is 0 Å². The van der Waals surface area contributed by atoms with E-state index in [1.54, 1.807) is 0 Å². The van der Waals surface area contributed by atoms with Crippen molar-refractivity contribution in [3.63, 3.8) is 0 Å². The highest BCUT2D eigenvalue weighted by Gasteiger charge is 2.25. The Kier molecular flexibility index (Phi) is 4.31. The number of halogens is 1. The number of thioether (sulfide) groups is 1. The number of rotatable bonds is 3. The van der Waals surface area contributed by atoms with E-state index in [1.807, 2.05) is 30.3 Å². The van der Waals surface area contributed by atoms with Crippen LogP contribution in [0.1, 0.15) is 23.0 Å². The Morgan fingerprint density at radius 2 is 2.09 bits per heavy atom. The molecule has 4 nitrogen and oxygen atoms in total. The van der Waals surface area contributed by atoms with Crippen LogP contribution in [0.4, 0.5) is 4.39 Å². The van der Waals surface area contributed by atoms with Crippen LogP contribution in [-0.4, -0.2) is 5.17 Å². The van der Waals surface area contributed by atoms with Gasteiger partial charge in [0.25, 0.3) is 0 Å². The van der Waals surface area contributed by atoms with Gasteiger partial charge in [0.05, 0.1) is 6.61 Å². The number of benzene rings is 2. The zero-order valence-electron chi connectivity index (χ0n) is 11.7. The summed E-state index contributed by atoms with van der Waals surface area (Å²) in [5.74, 6) is 0.662. The van der Waals surface area contributed by atoms with Gasteiger partial charge in [-0.05, 0) is 12.1 Å². The number of nitrogens with two attached hydrogens (primary N) is 1. The topological polar surface area (TPSA) is 68.3 Å². The highest BCUT2D eigenvalue weighted by Crippen LogP contribution is 2.37. The quantitative estimate of drug-likeness (QED) is 0.671. The van der Waals surface area contributed by atoms with Gasteiger partial charge in [0.2, 0.25) is 6.29 Å². The smallest absolute Gasteiger partial charge is 0.227 e. The van der Waals surface area contributed by atoms with Gasteiger partial charge >= 0.3 is 0 Å². The lowest BCUT2D eigenvalue weighted by Gasteiger charge is -2.28. The van der Waals surface area contributed by atoms with Gasteiger partial charge in [0.15, 0.2) is 5.17 Å². The third-order valence-electron chi connectivity index (χ3n) is 3.28. The maximum absolute atomic E-state index is 13.7. The summed E-state index contributed by atoms with van der Waals surface area (Å²) in [6.45, 7) is 0.282. The zero-order valence-corrected chi connectivity index (χ0v) is 12.5. The van der Waals surface area contributed by atoms with Crippen molar-refractivity contribution in [1.29, 1.82) is 5.41 Å². The molecule has 1 aliphatic rings. The first-order valence-electron chi connectivity index (χ1n) is 6.75. The summed E-state index contributed by atoms with van der Waals surface area (Å²) >= 11 is 1.14. The van der Waals surface area contributed by atoms with Crippen LogP contribution in [0.2, 0.25) is 0 Å². The van der Waals surface area contributed by atoms with E-state index in [9.17, 15) is 4.39 Å². The van der Waals surface area contributed by atoms with Crippen molar-refractivity contribution in [1.82, 2.24) is 0 Å². The van der Waals surface area contributed by atoms with Crippen molar-refractivity contribution in [3.8, 4) is 5.75 Å². The predicted octanol–water partition coefficient (Wildman–Crippen LogP) is 3.56. The Morgan fingerprint density at radius 3 is 2.82 bits per heavy atom. The standard InChI is InChI=1S/C16H15FN2O2S/c17-13-6-11-8-20-15(10-4-2-1-3-5-10)21-14(11)12(7-13)9-22-16(18)19/h1-7,15H,8-9H2,(H3,18,19)/t15-/m1/s1. The molecule has 2 aromatic carbocycles. The monoisotopic (exact) mass is 318 g/mol. The molecule has 1 atom stereocenters. The van der Waals surface area contributed by atoms with Crippen LogP contribution in [0.5, 0.6) is 5.75 Å². The van der Waals surface area contributed by atoms with Gasteiger partial charge < -0.3 is 15.2 Å². The molecule has 0 bridgehead atoms. The first-order chi connectivity index (χ1) is 10.6. The average molecular weight is 318 g/mol. The molecule has 2 aromatic rings. The maximum Gasteiger partial charge on any atom is 0.227 e. The van der Waals surface area contributed by atoms with Crippen LogP contribution in [0, 0.1) is 11.2 Å². The molecule has 0 radical (unpaired) electrons. The number of amidine groups is 1. The fraction of sp³-hybridized carbons (Fsp3) is 0.188. The van der Waals surface area contributed by atoms with Gasteiger partial charge in [0, 0.05) is 22.4 Å². The molecule has 0 aromatic heterocycles. The summed E-state index contributed by atoms with van der Waals surface area (Å²) in [4.78, 5) is 0. The lowest BCUT2D eigenvalue weighted by Crippen LogP contribution is -2.19. The minimum absolute atomic E-state index is 0.00956.